The van der Waals surface area contributed by atoms with E-state index in [9.17, 15) is 0 Å². The molecule has 0 saturated carbocycles. The normalized spacial score (nSPS) is 28.7. The summed E-state index contributed by atoms with van der Waals surface area (Å²) in [7, 11) is 2.24. The Morgan fingerprint density at radius 1 is 1.16 bits per heavy atom. The molecule has 0 aromatic heterocycles. The summed E-state index contributed by atoms with van der Waals surface area (Å²) in [6.07, 6.45) is 6.58. The summed E-state index contributed by atoms with van der Waals surface area (Å²) in [4.78, 5) is 2.46. The summed E-state index contributed by atoms with van der Waals surface area (Å²) >= 11 is 0. The van der Waals surface area contributed by atoms with E-state index < -0.39 is 0 Å². The minimum absolute atomic E-state index is 0.715. The van der Waals surface area contributed by atoms with Crippen molar-refractivity contribution in [1.82, 2.24) is 10.2 Å². The van der Waals surface area contributed by atoms with Crippen LogP contribution in [0.4, 0.5) is 0 Å². The minimum atomic E-state index is 0.715. The lowest BCUT2D eigenvalue weighted by atomic mass is 9.90. The van der Waals surface area contributed by atoms with E-state index >= 15 is 0 Å². The molecule has 2 saturated heterocycles. The molecule has 2 aliphatic rings. The maximum Gasteiger partial charge on any atom is 0.0108 e. The van der Waals surface area contributed by atoms with Crippen LogP contribution in [0.1, 0.15) is 42.7 Å². The standard InChI is InChI=1S/C17H26N2/c1-19-11-3-4-16(13-19)15-8-6-14(7-9-15)12-17-5-2-10-18-17/h6-9,16-18H,2-5,10-13H2,1H3. The van der Waals surface area contributed by atoms with E-state index in [4.69, 9.17) is 0 Å². The lowest BCUT2D eigenvalue weighted by Crippen LogP contribution is -2.30. The van der Waals surface area contributed by atoms with Crippen molar-refractivity contribution in [2.75, 3.05) is 26.7 Å². The van der Waals surface area contributed by atoms with E-state index in [2.05, 4.69) is 41.5 Å². The van der Waals surface area contributed by atoms with Gasteiger partial charge < -0.3 is 10.2 Å². The van der Waals surface area contributed by atoms with Gasteiger partial charge in [-0.25, -0.2) is 0 Å². The first-order chi connectivity index (χ1) is 9.31. The second kappa shape index (κ2) is 6.06. The summed E-state index contributed by atoms with van der Waals surface area (Å²) in [5.41, 5.74) is 3.03. The maximum atomic E-state index is 3.58. The van der Waals surface area contributed by atoms with Crippen molar-refractivity contribution in [3.8, 4) is 0 Å². The van der Waals surface area contributed by atoms with Gasteiger partial charge in [0.1, 0.15) is 0 Å². The Bertz CT molecular complexity index is 392. The third-order valence-corrected chi connectivity index (χ3v) is 4.72. The predicted molar refractivity (Wildman–Crippen MR) is 80.6 cm³/mol. The van der Waals surface area contributed by atoms with Gasteiger partial charge in [-0.05, 0) is 69.3 Å². The highest BCUT2D eigenvalue weighted by Crippen LogP contribution is 2.26. The Morgan fingerprint density at radius 3 is 2.68 bits per heavy atom. The fraction of sp³-hybridized carbons (Fsp3) is 0.647. The van der Waals surface area contributed by atoms with Crippen LogP contribution in [-0.4, -0.2) is 37.6 Å². The van der Waals surface area contributed by atoms with Crippen molar-refractivity contribution in [3.05, 3.63) is 35.4 Å². The van der Waals surface area contributed by atoms with Gasteiger partial charge >= 0.3 is 0 Å². The van der Waals surface area contributed by atoms with Crippen LogP contribution in [0.3, 0.4) is 0 Å². The van der Waals surface area contributed by atoms with Gasteiger partial charge in [0.25, 0.3) is 0 Å². The molecule has 0 amide bonds. The molecular formula is C17H26N2. The predicted octanol–water partition coefficient (Wildman–Crippen LogP) is 2.79. The van der Waals surface area contributed by atoms with Crippen molar-refractivity contribution < 1.29 is 0 Å². The Kier molecular flexibility index (Phi) is 4.19. The van der Waals surface area contributed by atoms with E-state index in [0.29, 0.717) is 6.04 Å². The SMILES string of the molecule is CN1CCCC(c2ccc(CC3CCCN3)cc2)C1. The van der Waals surface area contributed by atoms with Crippen LogP contribution in [0, 0.1) is 0 Å². The van der Waals surface area contributed by atoms with Crippen molar-refractivity contribution in [2.45, 2.75) is 44.1 Å². The molecule has 2 heteroatoms. The quantitative estimate of drug-likeness (QED) is 0.897. The molecule has 0 aliphatic carbocycles. The second-order valence-corrected chi connectivity index (χ2v) is 6.34. The van der Waals surface area contributed by atoms with Crippen LogP contribution in [-0.2, 0) is 6.42 Å². The molecule has 0 spiro atoms. The summed E-state index contributed by atoms with van der Waals surface area (Å²) in [5, 5.41) is 3.58. The number of nitrogens with zero attached hydrogens (tertiary/aromatic N) is 1. The fourth-order valence-electron chi connectivity index (χ4n) is 3.58. The smallest absolute Gasteiger partial charge is 0.0108 e. The van der Waals surface area contributed by atoms with E-state index in [1.54, 1.807) is 0 Å². The largest absolute Gasteiger partial charge is 0.314 e. The van der Waals surface area contributed by atoms with Crippen LogP contribution in [0.15, 0.2) is 24.3 Å². The molecule has 19 heavy (non-hydrogen) atoms. The third kappa shape index (κ3) is 3.37. The van der Waals surface area contributed by atoms with Gasteiger partial charge in [0.15, 0.2) is 0 Å². The highest BCUT2D eigenvalue weighted by atomic mass is 15.1. The summed E-state index contributed by atoms with van der Waals surface area (Å²) in [5.74, 6) is 0.748. The Labute approximate surface area is 117 Å². The lowest BCUT2D eigenvalue weighted by molar-refractivity contribution is 0.251. The van der Waals surface area contributed by atoms with Crippen molar-refractivity contribution in [2.24, 2.45) is 0 Å². The number of rotatable bonds is 3. The summed E-state index contributed by atoms with van der Waals surface area (Å²) in [6, 6.07) is 10.2. The molecule has 2 atom stereocenters. The Balaban J connectivity index is 1.61. The molecule has 0 bridgehead atoms. The molecule has 2 aliphatic heterocycles. The van der Waals surface area contributed by atoms with Gasteiger partial charge in [0, 0.05) is 12.6 Å². The van der Waals surface area contributed by atoms with Gasteiger partial charge in [-0.2, -0.15) is 0 Å². The molecule has 3 rings (SSSR count). The van der Waals surface area contributed by atoms with E-state index in [1.165, 1.54) is 62.9 Å². The van der Waals surface area contributed by atoms with Crippen molar-refractivity contribution in [1.29, 1.82) is 0 Å². The molecule has 0 radical (unpaired) electrons. The van der Waals surface area contributed by atoms with Crippen LogP contribution in [0.2, 0.25) is 0 Å². The number of nitrogens with one attached hydrogen (secondary N) is 1. The van der Waals surface area contributed by atoms with Crippen LogP contribution >= 0.6 is 0 Å². The van der Waals surface area contributed by atoms with Crippen LogP contribution < -0.4 is 5.32 Å². The highest BCUT2D eigenvalue weighted by Gasteiger charge is 2.19. The topological polar surface area (TPSA) is 15.3 Å². The minimum Gasteiger partial charge on any atom is -0.314 e. The zero-order valence-corrected chi connectivity index (χ0v) is 12.1. The molecule has 104 valence electrons. The number of likely N-dealkylation sites (tertiary alicyclic amines) is 1. The van der Waals surface area contributed by atoms with E-state index in [1.807, 2.05) is 0 Å². The zero-order valence-electron chi connectivity index (χ0n) is 12.1. The van der Waals surface area contributed by atoms with Crippen molar-refractivity contribution >= 4 is 0 Å². The molecule has 1 N–H and O–H groups in total. The average Bonchev–Trinajstić information content (AvgIpc) is 2.92. The highest BCUT2D eigenvalue weighted by molar-refractivity contribution is 5.26. The average molecular weight is 258 g/mol. The molecule has 2 fully saturated rings. The molecule has 1 aromatic carbocycles. The van der Waals surface area contributed by atoms with Crippen molar-refractivity contribution in [3.63, 3.8) is 0 Å². The van der Waals surface area contributed by atoms with E-state index in [-0.39, 0.29) is 0 Å². The number of benzene rings is 1. The molecule has 2 unspecified atom stereocenters. The number of piperidine rings is 1. The Hall–Kier alpha value is -0.860. The first-order valence-corrected chi connectivity index (χ1v) is 7.82. The maximum absolute atomic E-state index is 3.58. The molecule has 2 heterocycles. The van der Waals surface area contributed by atoms with Crippen LogP contribution in [0.5, 0.6) is 0 Å². The zero-order chi connectivity index (χ0) is 13.1. The number of hydrogen-bond donors (Lipinski definition) is 1. The lowest BCUT2D eigenvalue weighted by Gasteiger charge is -2.30. The number of likely N-dealkylation sites (N-methyl/N-ethyl adjacent to an activating group) is 1. The van der Waals surface area contributed by atoms with Gasteiger partial charge in [0.2, 0.25) is 0 Å². The summed E-state index contributed by atoms with van der Waals surface area (Å²) < 4.78 is 0. The first-order valence-electron chi connectivity index (χ1n) is 7.82. The van der Waals surface area contributed by atoms with Gasteiger partial charge in [-0.15, -0.1) is 0 Å². The summed E-state index contributed by atoms with van der Waals surface area (Å²) in [6.45, 7) is 3.70. The fourth-order valence-corrected chi connectivity index (χ4v) is 3.58. The monoisotopic (exact) mass is 258 g/mol. The molecule has 2 nitrogen and oxygen atoms in total. The van der Waals surface area contributed by atoms with Gasteiger partial charge in [0.05, 0.1) is 0 Å². The molecular weight excluding hydrogens is 232 g/mol. The van der Waals surface area contributed by atoms with Gasteiger partial charge in [-0.1, -0.05) is 24.3 Å². The molecule has 1 aromatic rings. The van der Waals surface area contributed by atoms with Crippen LogP contribution in [0.25, 0.3) is 0 Å². The first kappa shape index (κ1) is 13.1. The Morgan fingerprint density at radius 2 is 2.00 bits per heavy atom. The van der Waals surface area contributed by atoms with E-state index in [0.717, 1.165) is 5.92 Å². The second-order valence-electron chi connectivity index (χ2n) is 6.34. The third-order valence-electron chi connectivity index (χ3n) is 4.72. The van der Waals surface area contributed by atoms with Gasteiger partial charge in [-0.3, -0.25) is 0 Å². The number of hydrogen-bond acceptors (Lipinski definition) is 2.